The SMILES string of the molecule is CN(C)c1nc(N)c2nc(Br)n(Cc3ccccc3)c2n1. The Hall–Kier alpha value is -2.15. The molecule has 108 valence electrons. The van der Waals surface area contributed by atoms with Crippen LogP contribution in [0, 0.1) is 0 Å². The second-order valence-electron chi connectivity index (χ2n) is 4.93. The number of aromatic nitrogens is 4. The van der Waals surface area contributed by atoms with Crippen LogP contribution in [0.4, 0.5) is 11.8 Å². The summed E-state index contributed by atoms with van der Waals surface area (Å²) in [6.45, 7) is 0.668. The van der Waals surface area contributed by atoms with Gasteiger partial charge in [0.05, 0.1) is 6.54 Å². The average molecular weight is 347 g/mol. The first kappa shape index (κ1) is 13.8. The zero-order valence-corrected chi connectivity index (χ0v) is 13.4. The van der Waals surface area contributed by atoms with Crippen LogP contribution in [0.25, 0.3) is 11.2 Å². The molecule has 0 amide bonds. The maximum absolute atomic E-state index is 6.00. The van der Waals surface area contributed by atoms with Crippen molar-refractivity contribution in [2.24, 2.45) is 0 Å². The van der Waals surface area contributed by atoms with Crippen LogP contribution in [0.2, 0.25) is 0 Å². The summed E-state index contributed by atoms with van der Waals surface area (Å²) < 4.78 is 2.67. The second-order valence-corrected chi connectivity index (χ2v) is 5.64. The van der Waals surface area contributed by atoms with E-state index in [1.54, 1.807) is 0 Å². The molecule has 2 aromatic heterocycles. The van der Waals surface area contributed by atoms with Gasteiger partial charge in [-0.05, 0) is 21.5 Å². The molecule has 0 aliphatic heterocycles. The summed E-state index contributed by atoms with van der Waals surface area (Å²) in [4.78, 5) is 15.1. The minimum Gasteiger partial charge on any atom is -0.382 e. The summed E-state index contributed by atoms with van der Waals surface area (Å²) in [5.41, 5.74) is 8.50. The molecule has 1 aromatic carbocycles. The molecule has 0 fully saturated rings. The zero-order chi connectivity index (χ0) is 15.0. The normalized spacial score (nSPS) is 11.0. The third-order valence-corrected chi connectivity index (χ3v) is 3.75. The minimum absolute atomic E-state index is 0.385. The summed E-state index contributed by atoms with van der Waals surface area (Å²) in [6, 6.07) is 10.1. The van der Waals surface area contributed by atoms with E-state index in [0.29, 0.717) is 28.6 Å². The first-order chi connectivity index (χ1) is 10.1. The van der Waals surface area contributed by atoms with Gasteiger partial charge < -0.3 is 10.6 Å². The number of imidazole rings is 1. The van der Waals surface area contributed by atoms with Gasteiger partial charge in [0.2, 0.25) is 5.95 Å². The molecular weight excluding hydrogens is 332 g/mol. The van der Waals surface area contributed by atoms with E-state index in [2.05, 4.69) is 43.0 Å². The Morgan fingerprint density at radius 1 is 1.14 bits per heavy atom. The molecule has 0 radical (unpaired) electrons. The number of nitrogens with zero attached hydrogens (tertiary/aromatic N) is 5. The average Bonchev–Trinajstić information content (AvgIpc) is 2.77. The van der Waals surface area contributed by atoms with E-state index < -0.39 is 0 Å². The van der Waals surface area contributed by atoms with E-state index in [0.717, 1.165) is 5.65 Å². The number of hydrogen-bond donors (Lipinski definition) is 1. The predicted octanol–water partition coefficient (Wildman–Crippen LogP) is 2.29. The molecule has 0 atom stereocenters. The molecule has 2 N–H and O–H groups in total. The Balaban J connectivity index is 2.15. The Labute approximate surface area is 130 Å². The minimum atomic E-state index is 0.385. The van der Waals surface area contributed by atoms with Gasteiger partial charge in [0, 0.05) is 14.1 Å². The van der Waals surface area contributed by atoms with Gasteiger partial charge in [-0.25, -0.2) is 4.98 Å². The Bertz CT molecular complexity index is 781. The number of rotatable bonds is 3. The number of hydrogen-bond acceptors (Lipinski definition) is 5. The first-order valence-electron chi connectivity index (χ1n) is 6.47. The van der Waals surface area contributed by atoms with E-state index >= 15 is 0 Å². The number of fused-ring (bicyclic) bond motifs is 1. The molecule has 3 aromatic rings. The standard InChI is InChI=1S/C14H15BrN6/c1-20(2)14-18-11(16)10-12(19-14)21(13(15)17-10)8-9-6-4-3-5-7-9/h3-7H,8H2,1-2H3,(H2,16,18,19). The van der Waals surface area contributed by atoms with Crippen molar-refractivity contribution >= 4 is 38.9 Å². The van der Waals surface area contributed by atoms with Crippen LogP contribution in [0.5, 0.6) is 0 Å². The fourth-order valence-corrected chi connectivity index (χ4v) is 2.56. The van der Waals surface area contributed by atoms with Gasteiger partial charge in [-0.1, -0.05) is 30.3 Å². The number of nitrogen functional groups attached to an aromatic ring is 1. The van der Waals surface area contributed by atoms with Crippen molar-refractivity contribution in [3.05, 3.63) is 40.6 Å². The lowest BCUT2D eigenvalue weighted by Gasteiger charge is -2.11. The van der Waals surface area contributed by atoms with E-state index in [9.17, 15) is 0 Å². The molecule has 0 saturated heterocycles. The summed E-state index contributed by atoms with van der Waals surface area (Å²) in [7, 11) is 3.76. The third kappa shape index (κ3) is 2.56. The van der Waals surface area contributed by atoms with E-state index in [-0.39, 0.29) is 0 Å². The number of benzene rings is 1. The molecule has 2 heterocycles. The van der Waals surface area contributed by atoms with Gasteiger partial charge in [-0.3, -0.25) is 4.57 Å². The monoisotopic (exact) mass is 346 g/mol. The topological polar surface area (TPSA) is 72.9 Å². The largest absolute Gasteiger partial charge is 0.382 e. The quantitative estimate of drug-likeness (QED) is 0.736. The molecule has 3 rings (SSSR count). The lowest BCUT2D eigenvalue weighted by atomic mass is 10.2. The maximum Gasteiger partial charge on any atom is 0.228 e. The van der Waals surface area contributed by atoms with Crippen LogP contribution >= 0.6 is 15.9 Å². The molecule has 0 spiro atoms. The Kier molecular flexibility index (Phi) is 3.50. The van der Waals surface area contributed by atoms with Crippen LogP contribution in [-0.2, 0) is 6.54 Å². The molecule has 0 aliphatic rings. The third-order valence-electron chi connectivity index (χ3n) is 3.15. The highest BCUT2D eigenvalue weighted by atomic mass is 79.9. The van der Waals surface area contributed by atoms with Crippen molar-refractivity contribution in [3.8, 4) is 0 Å². The van der Waals surface area contributed by atoms with Crippen LogP contribution in [0.15, 0.2) is 35.1 Å². The van der Waals surface area contributed by atoms with Gasteiger partial charge in [-0.2, -0.15) is 9.97 Å². The van der Waals surface area contributed by atoms with Gasteiger partial charge >= 0.3 is 0 Å². The summed E-state index contributed by atoms with van der Waals surface area (Å²) >= 11 is 3.48. The number of nitrogens with two attached hydrogens (primary N) is 1. The highest BCUT2D eigenvalue weighted by molar-refractivity contribution is 9.10. The summed E-state index contributed by atoms with van der Waals surface area (Å²) in [5, 5.41) is 0. The highest BCUT2D eigenvalue weighted by Gasteiger charge is 2.16. The van der Waals surface area contributed by atoms with E-state index in [4.69, 9.17) is 5.73 Å². The first-order valence-corrected chi connectivity index (χ1v) is 7.26. The van der Waals surface area contributed by atoms with Crippen LogP contribution in [0.3, 0.4) is 0 Å². The van der Waals surface area contributed by atoms with Gasteiger partial charge in [-0.15, -0.1) is 0 Å². The molecular formula is C14H15BrN6. The smallest absolute Gasteiger partial charge is 0.228 e. The van der Waals surface area contributed by atoms with Crippen molar-refractivity contribution in [2.45, 2.75) is 6.54 Å². The van der Waals surface area contributed by atoms with E-state index in [1.807, 2.05) is 41.8 Å². The zero-order valence-electron chi connectivity index (χ0n) is 11.8. The summed E-state index contributed by atoms with van der Waals surface area (Å²) in [6.07, 6.45) is 0. The molecule has 21 heavy (non-hydrogen) atoms. The Morgan fingerprint density at radius 3 is 2.52 bits per heavy atom. The van der Waals surface area contributed by atoms with Crippen molar-refractivity contribution in [1.29, 1.82) is 0 Å². The van der Waals surface area contributed by atoms with Crippen LogP contribution < -0.4 is 10.6 Å². The predicted molar refractivity (Wildman–Crippen MR) is 87.3 cm³/mol. The molecule has 6 nitrogen and oxygen atoms in total. The van der Waals surface area contributed by atoms with E-state index in [1.165, 1.54) is 5.56 Å². The molecule has 0 unspecified atom stereocenters. The summed E-state index contributed by atoms with van der Waals surface area (Å²) in [5.74, 6) is 0.956. The van der Waals surface area contributed by atoms with Crippen molar-refractivity contribution < 1.29 is 0 Å². The lowest BCUT2D eigenvalue weighted by molar-refractivity contribution is 0.789. The van der Waals surface area contributed by atoms with Gasteiger partial charge in [0.1, 0.15) is 0 Å². The number of anilines is 2. The lowest BCUT2D eigenvalue weighted by Crippen LogP contribution is -2.14. The fraction of sp³-hybridized carbons (Fsp3) is 0.214. The molecule has 0 saturated carbocycles. The van der Waals surface area contributed by atoms with Crippen molar-refractivity contribution in [3.63, 3.8) is 0 Å². The molecule has 0 aliphatic carbocycles. The maximum atomic E-state index is 6.00. The van der Waals surface area contributed by atoms with Crippen LogP contribution in [0.1, 0.15) is 5.56 Å². The fourth-order valence-electron chi connectivity index (χ4n) is 2.09. The van der Waals surface area contributed by atoms with Crippen LogP contribution in [-0.4, -0.2) is 33.6 Å². The highest BCUT2D eigenvalue weighted by Crippen LogP contribution is 2.25. The Morgan fingerprint density at radius 2 is 1.86 bits per heavy atom. The van der Waals surface area contributed by atoms with Gasteiger partial charge in [0.15, 0.2) is 21.7 Å². The van der Waals surface area contributed by atoms with Crippen molar-refractivity contribution in [1.82, 2.24) is 19.5 Å². The second kappa shape index (κ2) is 5.33. The molecule has 0 bridgehead atoms. The molecule has 7 heteroatoms. The number of halogens is 1. The van der Waals surface area contributed by atoms with Crippen molar-refractivity contribution in [2.75, 3.05) is 24.7 Å². The van der Waals surface area contributed by atoms with Gasteiger partial charge in [0.25, 0.3) is 0 Å².